The van der Waals surface area contributed by atoms with Crippen LogP contribution in [0.5, 0.6) is 0 Å². The third-order valence-corrected chi connectivity index (χ3v) is 4.12. The summed E-state index contributed by atoms with van der Waals surface area (Å²) in [6, 6.07) is 7.59. The van der Waals surface area contributed by atoms with Crippen molar-refractivity contribution in [3.8, 4) is 0 Å². The van der Waals surface area contributed by atoms with Crippen LogP contribution in [0.15, 0.2) is 30.3 Å². The van der Waals surface area contributed by atoms with Gasteiger partial charge in [-0.15, -0.1) is 0 Å². The van der Waals surface area contributed by atoms with Crippen molar-refractivity contribution in [1.82, 2.24) is 5.32 Å². The lowest BCUT2D eigenvalue weighted by atomic mass is 9.64. The minimum Gasteiger partial charge on any atom is -0.399 e. The minimum absolute atomic E-state index is 0.0184. The van der Waals surface area contributed by atoms with Gasteiger partial charge in [-0.3, -0.25) is 4.79 Å². The molecule has 1 aliphatic rings. The second-order valence-electron chi connectivity index (χ2n) is 5.85. The van der Waals surface area contributed by atoms with Gasteiger partial charge in [-0.25, -0.2) is 0 Å². The number of amides is 1. The van der Waals surface area contributed by atoms with Crippen LogP contribution in [-0.4, -0.2) is 25.2 Å². The first kappa shape index (κ1) is 14.6. The highest BCUT2D eigenvalue weighted by Crippen LogP contribution is 2.42. The Hall–Kier alpha value is -1.81. The second kappa shape index (κ2) is 5.67. The SMILES string of the molecule is COC1CC(NC(=O)/C=C/c2cccc(N)c2)C1(C)C. The van der Waals surface area contributed by atoms with E-state index in [-0.39, 0.29) is 23.5 Å². The van der Waals surface area contributed by atoms with Crippen molar-refractivity contribution in [2.45, 2.75) is 32.4 Å². The Bertz CT molecular complexity index is 523. The molecule has 2 rings (SSSR count). The molecule has 2 atom stereocenters. The molecule has 2 unspecified atom stereocenters. The van der Waals surface area contributed by atoms with Gasteiger partial charge in [0.15, 0.2) is 0 Å². The average Bonchev–Trinajstić information content (AvgIpc) is 2.41. The summed E-state index contributed by atoms with van der Waals surface area (Å²) in [5.74, 6) is -0.0833. The summed E-state index contributed by atoms with van der Waals surface area (Å²) < 4.78 is 5.37. The number of hydrogen-bond donors (Lipinski definition) is 2. The van der Waals surface area contributed by atoms with Gasteiger partial charge in [0.1, 0.15) is 0 Å². The number of carbonyl (C=O) groups excluding carboxylic acids is 1. The Kier molecular flexibility index (Phi) is 4.14. The monoisotopic (exact) mass is 274 g/mol. The van der Waals surface area contributed by atoms with E-state index in [4.69, 9.17) is 10.5 Å². The fraction of sp³-hybridized carbons (Fsp3) is 0.438. The maximum absolute atomic E-state index is 11.9. The number of ether oxygens (including phenoxy) is 1. The van der Waals surface area contributed by atoms with Gasteiger partial charge in [0, 0.05) is 30.3 Å². The van der Waals surface area contributed by atoms with E-state index in [1.54, 1.807) is 19.3 Å². The lowest BCUT2D eigenvalue weighted by molar-refractivity contribution is -0.128. The smallest absolute Gasteiger partial charge is 0.244 e. The molecule has 0 bridgehead atoms. The molecular weight excluding hydrogens is 252 g/mol. The van der Waals surface area contributed by atoms with Gasteiger partial charge in [0.2, 0.25) is 5.91 Å². The zero-order valence-corrected chi connectivity index (χ0v) is 12.2. The predicted octanol–water partition coefficient (Wildman–Crippen LogP) is 2.21. The first-order valence-electron chi connectivity index (χ1n) is 6.80. The van der Waals surface area contributed by atoms with Crippen LogP contribution < -0.4 is 11.1 Å². The summed E-state index contributed by atoms with van der Waals surface area (Å²) in [6.07, 6.45) is 4.39. The topological polar surface area (TPSA) is 64.3 Å². The molecule has 1 amide bonds. The van der Waals surface area contributed by atoms with E-state index in [0.717, 1.165) is 12.0 Å². The van der Waals surface area contributed by atoms with Crippen molar-refractivity contribution in [3.05, 3.63) is 35.9 Å². The molecular formula is C16H22N2O2. The Morgan fingerprint density at radius 3 is 2.85 bits per heavy atom. The normalized spacial score (nSPS) is 24.4. The zero-order chi connectivity index (χ0) is 14.8. The highest BCUT2D eigenvalue weighted by molar-refractivity contribution is 5.92. The summed E-state index contributed by atoms with van der Waals surface area (Å²) >= 11 is 0. The van der Waals surface area contributed by atoms with Crippen LogP contribution in [0.3, 0.4) is 0 Å². The molecule has 4 nitrogen and oxygen atoms in total. The van der Waals surface area contributed by atoms with Crippen LogP contribution in [0, 0.1) is 5.41 Å². The molecule has 4 heteroatoms. The number of nitrogens with two attached hydrogens (primary N) is 1. The Morgan fingerprint density at radius 1 is 1.50 bits per heavy atom. The fourth-order valence-electron chi connectivity index (χ4n) is 2.58. The Morgan fingerprint density at radius 2 is 2.25 bits per heavy atom. The van der Waals surface area contributed by atoms with Crippen LogP contribution >= 0.6 is 0 Å². The maximum Gasteiger partial charge on any atom is 0.244 e. The molecule has 20 heavy (non-hydrogen) atoms. The lowest BCUT2D eigenvalue weighted by Crippen LogP contribution is -2.61. The van der Waals surface area contributed by atoms with E-state index in [0.29, 0.717) is 5.69 Å². The van der Waals surface area contributed by atoms with E-state index in [1.807, 2.05) is 24.3 Å². The van der Waals surface area contributed by atoms with Crippen molar-refractivity contribution in [2.24, 2.45) is 5.41 Å². The first-order chi connectivity index (χ1) is 9.43. The summed E-state index contributed by atoms with van der Waals surface area (Å²) in [5.41, 5.74) is 7.29. The number of nitrogen functional groups attached to an aromatic ring is 1. The molecule has 0 spiro atoms. The summed E-state index contributed by atoms with van der Waals surface area (Å²) in [7, 11) is 1.71. The molecule has 0 aliphatic heterocycles. The van der Waals surface area contributed by atoms with Crippen molar-refractivity contribution in [2.75, 3.05) is 12.8 Å². The molecule has 1 aromatic rings. The molecule has 3 N–H and O–H groups in total. The van der Waals surface area contributed by atoms with Gasteiger partial charge >= 0.3 is 0 Å². The molecule has 0 radical (unpaired) electrons. The van der Waals surface area contributed by atoms with Crippen LogP contribution in [0.4, 0.5) is 5.69 Å². The van der Waals surface area contributed by atoms with E-state index < -0.39 is 0 Å². The maximum atomic E-state index is 11.9. The molecule has 0 saturated heterocycles. The number of nitrogens with one attached hydrogen (secondary N) is 1. The quantitative estimate of drug-likeness (QED) is 0.653. The van der Waals surface area contributed by atoms with Gasteiger partial charge in [-0.2, -0.15) is 0 Å². The summed E-state index contributed by atoms with van der Waals surface area (Å²) in [4.78, 5) is 11.9. The second-order valence-corrected chi connectivity index (χ2v) is 5.85. The van der Waals surface area contributed by atoms with Crippen molar-refractivity contribution in [1.29, 1.82) is 0 Å². The standard InChI is InChI=1S/C16H22N2O2/c1-16(2)13(10-14(16)20-3)18-15(19)8-7-11-5-4-6-12(17)9-11/h4-9,13-14H,10,17H2,1-3H3,(H,18,19)/b8-7+. The van der Waals surface area contributed by atoms with E-state index in [1.165, 1.54) is 0 Å². The molecule has 1 aromatic carbocycles. The average molecular weight is 274 g/mol. The van der Waals surface area contributed by atoms with Gasteiger partial charge in [-0.05, 0) is 30.2 Å². The van der Waals surface area contributed by atoms with E-state index in [2.05, 4.69) is 19.2 Å². The number of hydrogen-bond acceptors (Lipinski definition) is 3. The number of benzene rings is 1. The molecule has 0 heterocycles. The van der Waals surface area contributed by atoms with Gasteiger partial charge in [0.25, 0.3) is 0 Å². The predicted molar refractivity (Wildman–Crippen MR) is 81.0 cm³/mol. The van der Waals surface area contributed by atoms with Crippen LogP contribution in [0.1, 0.15) is 25.8 Å². The molecule has 108 valence electrons. The number of methoxy groups -OCH3 is 1. The van der Waals surface area contributed by atoms with Crippen LogP contribution in [0.2, 0.25) is 0 Å². The third kappa shape index (κ3) is 3.02. The number of rotatable bonds is 4. The highest BCUT2D eigenvalue weighted by Gasteiger charge is 2.48. The molecule has 0 aromatic heterocycles. The zero-order valence-electron chi connectivity index (χ0n) is 12.2. The van der Waals surface area contributed by atoms with E-state index in [9.17, 15) is 4.79 Å². The fourth-order valence-corrected chi connectivity index (χ4v) is 2.58. The van der Waals surface area contributed by atoms with Crippen molar-refractivity contribution >= 4 is 17.7 Å². The Balaban J connectivity index is 1.91. The minimum atomic E-state index is -0.0833. The Labute approximate surface area is 120 Å². The third-order valence-electron chi connectivity index (χ3n) is 4.12. The number of carbonyl (C=O) groups is 1. The van der Waals surface area contributed by atoms with E-state index >= 15 is 0 Å². The van der Waals surface area contributed by atoms with Crippen LogP contribution in [-0.2, 0) is 9.53 Å². The lowest BCUT2D eigenvalue weighted by Gasteiger charge is -2.51. The van der Waals surface area contributed by atoms with Crippen LogP contribution in [0.25, 0.3) is 6.08 Å². The summed E-state index contributed by atoms with van der Waals surface area (Å²) in [6.45, 7) is 4.22. The van der Waals surface area contributed by atoms with Crippen molar-refractivity contribution in [3.63, 3.8) is 0 Å². The van der Waals surface area contributed by atoms with Crippen molar-refractivity contribution < 1.29 is 9.53 Å². The van der Waals surface area contributed by atoms with Gasteiger partial charge in [-0.1, -0.05) is 26.0 Å². The molecule has 1 saturated carbocycles. The summed E-state index contributed by atoms with van der Waals surface area (Å²) in [5, 5.41) is 3.02. The largest absolute Gasteiger partial charge is 0.399 e. The molecule has 1 aliphatic carbocycles. The van der Waals surface area contributed by atoms with Gasteiger partial charge in [0.05, 0.1) is 6.10 Å². The highest BCUT2D eigenvalue weighted by atomic mass is 16.5. The van der Waals surface area contributed by atoms with Gasteiger partial charge < -0.3 is 15.8 Å². The number of anilines is 1. The first-order valence-corrected chi connectivity index (χ1v) is 6.80. The molecule has 1 fully saturated rings.